The van der Waals surface area contributed by atoms with Gasteiger partial charge in [-0.05, 0) is 30.3 Å². The van der Waals surface area contributed by atoms with Gasteiger partial charge in [0.25, 0.3) is 0 Å². The molecule has 5 rings (SSSR count). The topological polar surface area (TPSA) is 80.5 Å². The molecule has 4 aromatic rings. The van der Waals surface area contributed by atoms with Crippen molar-refractivity contribution >= 4 is 38.3 Å². The summed E-state index contributed by atoms with van der Waals surface area (Å²) in [5, 5.41) is 3.94. The van der Waals surface area contributed by atoms with E-state index >= 15 is 0 Å². The summed E-state index contributed by atoms with van der Waals surface area (Å²) < 4.78 is 12.0. The van der Waals surface area contributed by atoms with Gasteiger partial charge in [0.15, 0.2) is 5.13 Å². The number of thiazole rings is 1. The van der Waals surface area contributed by atoms with Crippen LogP contribution in [0.4, 0.5) is 10.8 Å². The normalized spacial score (nSPS) is 14.2. The third-order valence-electron chi connectivity index (χ3n) is 4.86. The standard InChI is InChI=1S/C22H20N4O3S/c27-20(13-17-14-29-21(24-17)15-4-2-1-3-5-15)23-16-6-7-18-19(12-16)30-22(25-18)26-8-10-28-11-9-26/h1-7,12,14H,8-11,13H2,(H,23,27). The zero-order chi connectivity index (χ0) is 20.3. The second kappa shape index (κ2) is 8.25. The second-order valence-corrected chi connectivity index (χ2v) is 8.02. The molecular weight excluding hydrogens is 400 g/mol. The Hall–Kier alpha value is -3.23. The fraction of sp³-hybridized carbons (Fsp3) is 0.227. The highest BCUT2D eigenvalue weighted by molar-refractivity contribution is 7.22. The molecule has 1 aliphatic heterocycles. The number of rotatable bonds is 5. The number of hydrogen-bond acceptors (Lipinski definition) is 7. The van der Waals surface area contributed by atoms with E-state index in [4.69, 9.17) is 14.1 Å². The predicted octanol–water partition coefficient (Wildman–Crippen LogP) is 3.97. The molecule has 30 heavy (non-hydrogen) atoms. The number of hydrogen-bond donors (Lipinski definition) is 1. The summed E-state index contributed by atoms with van der Waals surface area (Å²) in [5.74, 6) is 0.375. The zero-order valence-corrected chi connectivity index (χ0v) is 17.0. The minimum Gasteiger partial charge on any atom is -0.444 e. The van der Waals surface area contributed by atoms with Gasteiger partial charge in [-0.15, -0.1) is 0 Å². The Morgan fingerprint density at radius 1 is 1.10 bits per heavy atom. The molecule has 0 unspecified atom stereocenters. The van der Waals surface area contributed by atoms with Crippen LogP contribution in [0.25, 0.3) is 21.7 Å². The Kier molecular flexibility index (Phi) is 5.17. The highest BCUT2D eigenvalue weighted by Gasteiger charge is 2.16. The van der Waals surface area contributed by atoms with E-state index < -0.39 is 0 Å². The lowest BCUT2D eigenvalue weighted by Gasteiger charge is -2.25. The van der Waals surface area contributed by atoms with E-state index in [2.05, 4.69) is 15.2 Å². The minimum atomic E-state index is -0.139. The van der Waals surface area contributed by atoms with Crippen LogP contribution in [0.1, 0.15) is 5.69 Å². The molecule has 0 spiro atoms. The van der Waals surface area contributed by atoms with E-state index in [9.17, 15) is 4.79 Å². The number of aromatic nitrogens is 2. The third-order valence-corrected chi connectivity index (χ3v) is 5.94. The molecule has 1 aliphatic rings. The molecule has 1 amide bonds. The number of nitrogens with zero attached hydrogens (tertiary/aromatic N) is 3. The highest BCUT2D eigenvalue weighted by Crippen LogP contribution is 2.31. The van der Waals surface area contributed by atoms with Crippen molar-refractivity contribution in [3.8, 4) is 11.5 Å². The molecule has 0 bridgehead atoms. The number of benzene rings is 2. The molecule has 2 aromatic heterocycles. The van der Waals surface area contributed by atoms with E-state index in [0.29, 0.717) is 11.6 Å². The SMILES string of the molecule is O=C(Cc1coc(-c2ccccc2)n1)Nc1ccc2nc(N3CCOCC3)sc2c1. The average Bonchev–Trinajstić information content (AvgIpc) is 3.42. The summed E-state index contributed by atoms with van der Waals surface area (Å²) in [6, 6.07) is 15.4. The van der Waals surface area contributed by atoms with Crippen molar-refractivity contribution in [2.24, 2.45) is 0 Å². The van der Waals surface area contributed by atoms with E-state index in [-0.39, 0.29) is 12.3 Å². The van der Waals surface area contributed by atoms with Crippen molar-refractivity contribution in [1.29, 1.82) is 0 Å². The molecule has 3 heterocycles. The molecule has 0 aliphatic carbocycles. The van der Waals surface area contributed by atoms with Crippen molar-refractivity contribution in [2.75, 3.05) is 36.5 Å². The van der Waals surface area contributed by atoms with Crippen LogP contribution in [-0.4, -0.2) is 42.2 Å². The first-order valence-electron chi connectivity index (χ1n) is 9.77. The molecular formula is C22H20N4O3S. The van der Waals surface area contributed by atoms with Crippen LogP contribution < -0.4 is 10.2 Å². The average molecular weight is 420 g/mol. The highest BCUT2D eigenvalue weighted by atomic mass is 32.1. The Morgan fingerprint density at radius 2 is 1.93 bits per heavy atom. The Balaban J connectivity index is 1.26. The van der Waals surface area contributed by atoms with Crippen molar-refractivity contribution in [3.63, 3.8) is 0 Å². The van der Waals surface area contributed by atoms with Crippen LogP contribution >= 0.6 is 11.3 Å². The maximum Gasteiger partial charge on any atom is 0.230 e. The number of carbonyl (C=O) groups excluding carboxylic acids is 1. The molecule has 1 N–H and O–H groups in total. The number of amides is 1. The third kappa shape index (κ3) is 4.05. The predicted molar refractivity (Wildman–Crippen MR) is 117 cm³/mol. The van der Waals surface area contributed by atoms with Crippen LogP contribution in [0, 0.1) is 0 Å². The van der Waals surface area contributed by atoms with Gasteiger partial charge < -0.3 is 19.4 Å². The maximum absolute atomic E-state index is 12.5. The van der Waals surface area contributed by atoms with Crippen LogP contribution in [0.5, 0.6) is 0 Å². The summed E-state index contributed by atoms with van der Waals surface area (Å²) in [6.45, 7) is 3.16. The van der Waals surface area contributed by atoms with Gasteiger partial charge in [-0.3, -0.25) is 4.79 Å². The molecule has 8 heteroatoms. The number of carbonyl (C=O) groups is 1. The fourth-order valence-electron chi connectivity index (χ4n) is 3.35. The van der Waals surface area contributed by atoms with Gasteiger partial charge >= 0.3 is 0 Å². The number of oxazole rings is 1. The smallest absolute Gasteiger partial charge is 0.230 e. The molecule has 2 aromatic carbocycles. The van der Waals surface area contributed by atoms with Crippen LogP contribution in [0.2, 0.25) is 0 Å². The molecule has 0 atom stereocenters. The molecule has 1 fully saturated rings. The molecule has 7 nitrogen and oxygen atoms in total. The number of anilines is 2. The van der Waals surface area contributed by atoms with Gasteiger partial charge in [0.1, 0.15) is 6.26 Å². The number of ether oxygens (including phenoxy) is 1. The van der Waals surface area contributed by atoms with Crippen molar-refractivity contribution in [3.05, 3.63) is 60.5 Å². The maximum atomic E-state index is 12.5. The van der Waals surface area contributed by atoms with Gasteiger partial charge in [-0.1, -0.05) is 29.5 Å². The van der Waals surface area contributed by atoms with E-state index in [1.165, 1.54) is 6.26 Å². The summed E-state index contributed by atoms with van der Waals surface area (Å²) in [4.78, 5) is 23.9. The molecule has 0 saturated carbocycles. The van der Waals surface area contributed by atoms with Gasteiger partial charge in [0.2, 0.25) is 11.8 Å². The lowest BCUT2D eigenvalue weighted by atomic mass is 10.2. The van der Waals surface area contributed by atoms with Crippen LogP contribution in [0.15, 0.2) is 59.2 Å². The van der Waals surface area contributed by atoms with Gasteiger partial charge in [0, 0.05) is 24.3 Å². The fourth-order valence-corrected chi connectivity index (χ4v) is 4.41. The Labute approximate surface area is 177 Å². The minimum absolute atomic E-state index is 0.139. The van der Waals surface area contributed by atoms with Crippen molar-refractivity contribution < 1.29 is 13.9 Å². The summed E-state index contributed by atoms with van der Waals surface area (Å²) >= 11 is 1.63. The van der Waals surface area contributed by atoms with Gasteiger partial charge in [0.05, 0.1) is 35.5 Å². The van der Waals surface area contributed by atoms with Gasteiger partial charge in [-0.2, -0.15) is 0 Å². The number of nitrogens with one attached hydrogen (secondary N) is 1. The quantitative estimate of drug-likeness (QED) is 0.526. The Bertz CT molecular complexity index is 1170. The number of fused-ring (bicyclic) bond motifs is 1. The molecule has 1 saturated heterocycles. The monoisotopic (exact) mass is 420 g/mol. The largest absolute Gasteiger partial charge is 0.444 e. The summed E-state index contributed by atoms with van der Waals surface area (Å²) in [6.07, 6.45) is 1.68. The summed E-state index contributed by atoms with van der Waals surface area (Å²) in [7, 11) is 0. The van der Waals surface area contributed by atoms with E-state index in [1.54, 1.807) is 11.3 Å². The zero-order valence-electron chi connectivity index (χ0n) is 16.2. The lowest BCUT2D eigenvalue weighted by molar-refractivity contribution is -0.115. The first kappa shape index (κ1) is 18.8. The van der Waals surface area contributed by atoms with Crippen molar-refractivity contribution in [2.45, 2.75) is 6.42 Å². The lowest BCUT2D eigenvalue weighted by Crippen LogP contribution is -2.36. The second-order valence-electron chi connectivity index (χ2n) is 7.01. The molecule has 152 valence electrons. The van der Waals surface area contributed by atoms with Crippen LogP contribution in [0.3, 0.4) is 0 Å². The van der Waals surface area contributed by atoms with Crippen molar-refractivity contribution in [1.82, 2.24) is 9.97 Å². The Morgan fingerprint density at radius 3 is 2.77 bits per heavy atom. The van der Waals surface area contributed by atoms with E-state index in [0.717, 1.165) is 52.9 Å². The first-order valence-corrected chi connectivity index (χ1v) is 10.6. The number of morpholine rings is 1. The van der Waals surface area contributed by atoms with Crippen LogP contribution in [-0.2, 0) is 16.0 Å². The van der Waals surface area contributed by atoms with Gasteiger partial charge in [-0.25, -0.2) is 9.97 Å². The van der Waals surface area contributed by atoms with E-state index in [1.807, 2.05) is 48.5 Å². The summed E-state index contributed by atoms with van der Waals surface area (Å²) in [5.41, 5.74) is 3.16. The molecule has 0 radical (unpaired) electrons. The first-order chi connectivity index (χ1) is 14.7.